The molecule has 0 spiro atoms. The van der Waals surface area contributed by atoms with Crippen LogP contribution in [0, 0.1) is 0 Å². The fourth-order valence-electron chi connectivity index (χ4n) is 3.64. The molecule has 2 amide bonds. The molecule has 0 atom stereocenters. The molecule has 11 heteroatoms. The van der Waals surface area contributed by atoms with Crippen LogP contribution >= 0.6 is 12.2 Å². The molecule has 0 saturated heterocycles. The van der Waals surface area contributed by atoms with Crippen LogP contribution in [0.3, 0.4) is 0 Å². The highest BCUT2D eigenvalue weighted by Crippen LogP contribution is 2.30. The van der Waals surface area contributed by atoms with Crippen molar-refractivity contribution in [2.75, 3.05) is 17.2 Å². The number of thiocarbonyl (C=S) groups is 1. The van der Waals surface area contributed by atoms with Crippen molar-refractivity contribution in [1.82, 2.24) is 5.32 Å². The first-order valence-electron chi connectivity index (χ1n) is 12.5. The second-order valence-corrected chi connectivity index (χ2v) is 9.19. The Morgan fingerprint density at radius 1 is 0.800 bits per heavy atom. The van der Waals surface area contributed by atoms with Crippen LogP contribution < -0.4 is 16.0 Å². The van der Waals surface area contributed by atoms with Crippen molar-refractivity contribution < 1.29 is 32.3 Å². The summed E-state index contributed by atoms with van der Waals surface area (Å²) in [6.45, 7) is 0.310. The Hall–Kier alpha value is -4.25. The maximum atomic E-state index is 12.9. The van der Waals surface area contributed by atoms with E-state index in [0.29, 0.717) is 18.7 Å². The smallest absolute Gasteiger partial charge is 0.416 e. The Bertz CT molecular complexity index is 1330. The van der Waals surface area contributed by atoms with Gasteiger partial charge in [-0.15, -0.1) is 0 Å². The van der Waals surface area contributed by atoms with Gasteiger partial charge >= 0.3 is 12.1 Å². The quantitative estimate of drug-likeness (QED) is 0.146. The number of carbonyl (C=O) groups is 3. The van der Waals surface area contributed by atoms with Gasteiger partial charge in [0.2, 0.25) is 5.91 Å². The molecule has 210 valence electrons. The Morgan fingerprint density at radius 2 is 1.50 bits per heavy atom. The first-order chi connectivity index (χ1) is 19.1. The van der Waals surface area contributed by atoms with Crippen LogP contribution in [0.5, 0.6) is 0 Å². The Morgan fingerprint density at radius 3 is 2.23 bits per heavy atom. The summed E-state index contributed by atoms with van der Waals surface area (Å²) >= 11 is 5.15. The topological polar surface area (TPSA) is 96.5 Å². The first-order valence-corrected chi connectivity index (χ1v) is 12.9. The Labute approximate surface area is 235 Å². The van der Waals surface area contributed by atoms with E-state index in [9.17, 15) is 27.6 Å². The monoisotopic (exact) mass is 571 g/mol. The van der Waals surface area contributed by atoms with Crippen molar-refractivity contribution >= 4 is 46.5 Å². The lowest BCUT2D eigenvalue weighted by atomic mass is 10.1. The third kappa shape index (κ3) is 10.5. The molecule has 40 heavy (non-hydrogen) atoms. The summed E-state index contributed by atoms with van der Waals surface area (Å²) in [7, 11) is 0. The number of hydrogen-bond donors (Lipinski definition) is 3. The minimum absolute atomic E-state index is 0.00274. The third-order valence-electron chi connectivity index (χ3n) is 5.58. The minimum atomic E-state index is -4.53. The molecular formula is C29H28F3N3O4S. The van der Waals surface area contributed by atoms with Crippen LogP contribution in [0.4, 0.5) is 24.5 Å². The maximum Gasteiger partial charge on any atom is 0.416 e. The van der Waals surface area contributed by atoms with Gasteiger partial charge in [-0.1, -0.05) is 42.5 Å². The van der Waals surface area contributed by atoms with E-state index in [0.717, 1.165) is 18.6 Å². The number of anilines is 2. The number of alkyl halides is 3. The number of benzene rings is 3. The zero-order valence-corrected chi connectivity index (χ0v) is 22.2. The third-order valence-corrected chi connectivity index (χ3v) is 5.79. The zero-order valence-electron chi connectivity index (χ0n) is 21.4. The van der Waals surface area contributed by atoms with E-state index < -0.39 is 23.6 Å². The fourth-order valence-corrected chi connectivity index (χ4v) is 3.87. The number of amides is 2. The molecule has 0 saturated carbocycles. The van der Waals surface area contributed by atoms with Crippen molar-refractivity contribution in [3.05, 3.63) is 95.6 Å². The standard InChI is InChI=1S/C29H28F3N3O4S/c30-29(31,32)22-12-5-14-24(19-22)33-27(38)21-11-4-13-23(18-21)34-28(40)35-25(36)15-6-16-26(37)39-17-7-10-20-8-2-1-3-9-20/h1-5,8-9,11-14,18-19H,6-7,10,15-17H2,(H,33,38)(H2,34,35,36,40). The molecule has 3 aromatic rings. The lowest BCUT2D eigenvalue weighted by Crippen LogP contribution is -2.34. The van der Waals surface area contributed by atoms with Crippen molar-refractivity contribution in [2.24, 2.45) is 0 Å². The van der Waals surface area contributed by atoms with Crippen molar-refractivity contribution in [2.45, 2.75) is 38.3 Å². The predicted octanol–water partition coefficient (Wildman–Crippen LogP) is 6.12. The molecule has 3 rings (SSSR count). The molecule has 0 aliphatic carbocycles. The van der Waals surface area contributed by atoms with Gasteiger partial charge in [0, 0.05) is 29.8 Å². The van der Waals surface area contributed by atoms with E-state index >= 15 is 0 Å². The van der Waals surface area contributed by atoms with Gasteiger partial charge in [-0.05, 0) is 73.4 Å². The molecule has 0 heterocycles. The lowest BCUT2D eigenvalue weighted by molar-refractivity contribution is -0.144. The number of rotatable bonds is 11. The summed E-state index contributed by atoms with van der Waals surface area (Å²) < 4.78 is 44.0. The van der Waals surface area contributed by atoms with Gasteiger partial charge in [-0.2, -0.15) is 13.2 Å². The van der Waals surface area contributed by atoms with Crippen LogP contribution in [-0.2, 0) is 26.9 Å². The number of halogens is 3. The van der Waals surface area contributed by atoms with E-state index in [-0.39, 0.29) is 41.6 Å². The molecule has 3 aromatic carbocycles. The van der Waals surface area contributed by atoms with Crippen LogP contribution in [0.1, 0.15) is 47.2 Å². The van der Waals surface area contributed by atoms with Crippen molar-refractivity contribution in [1.29, 1.82) is 0 Å². The minimum Gasteiger partial charge on any atom is -0.466 e. The van der Waals surface area contributed by atoms with Crippen LogP contribution in [0.15, 0.2) is 78.9 Å². The molecule has 0 bridgehead atoms. The fraction of sp³-hybridized carbons (Fsp3) is 0.241. The normalized spacial score (nSPS) is 10.9. The van der Waals surface area contributed by atoms with Gasteiger partial charge in [-0.3, -0.25) is 14.4 Å². The molecule has 7 nitrogen and oxygen atoms in total. The molecule has 0 fully saturated rings. The highest BCUT2D eigenvalue weighted by atomic mass is 32.1. The number of ether oxygens (including phenoxy) is 1. The zero-order chi connectivity index (χ0) is 29.0. The molecule has 0 radical (unpaired) electrons. The summed E-state index contributed by atoms with van der Waals surface area (Å²) in [6.07, 6.45) is -2.56. The molecular weight excluding hydrogens is 543 g/mol. The number of carbonyl (C=O) groups excluding carboxylic acids is 3. The second kappa shape index (κ2) is 14.8. The van der Waals surface area contributed by atoms with Gasteiger partial charge < -0.3 is 20.7 Å². The second-order valence-electron chi connectivity index (χ2n) is 8.78. The van der Waals surface area contributed by atoms with E-state index in [1.54, 1.807) is 12.1 Å². The molecule has 0 aliphatic heterocycles. The molecule has 0 unspecified atom stereocenters. The number of nitrogens with one attached hydrogen (secondary N) is 3. The van der Waals surface area contributed by atoms with Gasteiger partial charge in [-0.25, -0.2) is 0 Å². The summed E-state index contributed by atoms with van der Waals surface area (Å²) in [5, 5.41) is 7.71. The van der Waals surface area contributed by atoms with E-state index in [2.05, 4.69) is 16.0 Å². The van der Waals surface area contributed by atoms with Crippen LogP contribution in [0.2, 0.25) is 0 Å². The van der Waals surface area contributed by atoms with Crippen LogP contribution in [0.25, 0.3) is 0 Å². The van der Waals surface area contributed by atoms with Crippen molar-refractivity contribution in [3.8, 4) is 0 Å². The maximum absolute atomic E-state index is 12.9. The highest BCUT2D eigenvalue weighted by Gasteiger charge is 2.30. The Kier molecular flexibility index (Phi) is 11.2. The van der Waals surface area contributed by atoms with Crippen molar-refractivity contribution in [3.63, 3.8) is 0 Å². The Balaban J connectivity index is 1.37. The van der Waals surface area contributed by atoms with E-state index in [1.807, 2.05) is 30.3 Å². The lowest BCUT2D eigenvalue weighted by Gasteiger charge is -2.12. The average Bonchev–Trinajstić information content (AvgIpc) is 2.91. The van der Waals surface area contributed by atoms with E-state index in [1.165, 1.54) is 29.8 Å². The average molecular weight is 572 g/mol. The van der Waals surface area contributed by atoms with E-state index in [4.69, 9.17) is 17.0 Å². The number of hydrogen-bond acceptors (Lipinski definition) is 5. The molecule has 0 aromatic heterocycles. The van der Waals surface area contributed by atoms with Gasteiger partial charge in [0.05, 0.1) is 12.2 Å². The number of aryl methyl sites for hydroxylation is 1. The number of esters is 1. The van der Waals surface area contributed by atoms with Gasteiger partial charge in [0.25, 0.3) is 5.91 Å². The summed E-state index contributed by atoms with van der Waals surface area (Å²) in [4.78, 5) is 36.6. The predicted molar refractivity (Wildman–Crippen MR) is 150 cm³/mol. The summed E-state index contributed by atoms with van der Waals surface area (Å²) in [5.41, 5.74) is 0.847. The highest BCUT2D eigenvalue weighted by molar-refractivity contribution is 7.80. The van der Waals surface area contributed by atoms with Crippen LogP contribution in [-0.4, -0.2) is 29.5 Å². The summed E-state index contributed by atoms with van der Waals surface area (Å²) in [5.74, 6) is -1.39. The molecule has 3 N–H and O–H groups in total. The summed E-state index contributed by atoms with van der Waals surface area (Å²) in [6, 6.07) is 20.3. The molecule has 0 aliphatic rings. The van der Waals surface area contributed by atoms with Gasteiger partial charge in [0.15, 0.2) is 5.11 Å². The first kappa shape index (κ1) is 30.3. The van der Waals surface area contributed by atoms with Gasteiger partial charge in [0.1, 0.15) is 0 Å². The largest absolute Gasteiger partial charge is 0.466 e. The SMILES string of the molecule is O=C(CCCC(=O)OCCCc1ccccc1)NC(=S)Nc1cccc(C(=O)Nc2cccc(C(F)(F)F)c2)c1.